The monoisotopic (exact) mass is 303 g/mol. The van der Waals surface area contributed by atoms with E-state index >= 15 is 0 Å². The van der Waals surface area contributed by atoms with Gasteiger partial charge in [-0.2, -0.15) is 0 Å². The second kappa shape index (κ2) is 7.33. The van der Waals surface area contributed by atoms with Gasteiger partial charge in [-0.3, -0.25) is 4.79 Å². The number of benzene rings is 1. The first-order valence-electron chi connectivity index (χ1n) is 7.15. The summed E-state index contributed by atoms with van der Waals surface area (Å²) in [5, 5.41) is 2.59. The number of hydrogen-bond acceptors (Lipinski definition) is 4. The smallest absolute Gasteiger partial charge is 0.273 e. The fraction of sp³-hybridized carbons (Fsp3) is 0.375. The molecule has 0 aliphatic rings. The van der Waals surface area contributed by atoms with Gasteiger partial charge in [0.15, 0.2) is 0 Å². The highest BCUT2D eigenvalue weighted by molar-refractivity contribution is 7.09. The molecule has 0 aliphatic carbocycles. The summed E-state index contributed by atoms with van der Waals surface area (Å²) in [4.78, 5) is 18.9. The van der Waals surface area contributed by atoms with E-state index < -0.39 is 0 Å². The lowest BCUT2D eigenvalue weighted by Crippen LogP contribution is -2.38. The standard InChI is InChI=1S/C16H21N3OS/c1-3-12(2)19(10-13-7-5-4-6-8-13)16(20)14-11-21-15(9-17)18-14/h4-8,11-12H,3,9-10,17H2,1-2H3. The van der Waals surface area contributed by atoms with Crippen LogP contribution in [-0.2, 0) is 13.1 Å². The van der Waals surface area contributed by atoms with Crippen molar-refractivity contribution in [1.82, 2.24) is 9.88 Å². The summed E-state index contributed by atoms with van der Waals surface area (Å²) in [5.41, 5.74) is 7.19. The lowest BCUT2D eigenvalue weighted by Gasteiger charge is -2.28. The van der Waals surface area contributed by atoms with Gasteiger partial charge in [-0.1, -0.05) is 37.3 Å². The maximum absolute atomic E-state index is 12.7. The predicted octanol–water partition coefficient (Wildman–Crippen LogP) is 3.04. The van der Waals surface area contributed by atoms with Gasteiger partial charge in [0.2, 0.25) is 0 Å². The molecule has 0 saturated carbocycles. The summed E-state index contributed by atoms with van der Waals surface area (Å²) >= 11 is 1.44. The van der Waals surface area contributed by atoms with Crippen molar-refractivity contribution in [2.75, 3.05) is 0 Å². The number of carbonyl (C=O) groups is 1. The Morgan fingerprint density at radius 3 is 2.67 bits per heavy atom. The summed E-state index contributed by atoms with van der Waals surface area (Å²) in [6.07, 6.45) is 0.909. The molecule has 0 fully saturated rings. The maximum Gasteiger partial charge on any atom is 0.273 e. The van der Waals surface area contributed by atoms with E-state index in [0.29, 0.717) is 18.8 Å². The second-order valence-electron chi connectivity index (χ2n) is 5.01. The molecule has 1 aromatic heterocycles. The Kier molecular flexibility index (Phi) is 5.47. The van der Waals surface area contributed by atoms with Gasteiger partial charge in [0, 0.05) is 24.5 Å². The van der Waals surface area contributed by atoms with Crippen LogP contribution in [0, 0.1) is 0 Å². The third kappa shape index (κ3) is 3.89. The Morgan fingerprint density at radius 2 is 2.10 bits per heavy atom. The summed E-state index contributed by atoms with van der Waals surface area (Å²) < 4.78 is 0. The zero-order chi connectivity index (χ0) is 15.2. The Bertz CT molecular complexity index is 582. The number of nitrogens with two attached hydrogens (primary N) is 1. The lowest BCUT2D eigenvalue weighted by atomic mass is 10.1. The van der Waals surface area contributed by atoms with E-state index in [1.165, 1.54) is 11.3 Å². The highest BCUT2D eigenvalue weighted by Crippen LogP contribution is 2.17. The third-order valence-corrected chi connectivity index (χ3v) is 4.40. The van der Waals surface area contributed by atoms with Gasteiger partial charge in [-0.15, -0.1) is 11.3 Å². The number of aromatic nitrogens is 1. The van der Waals surface area contributed by atoms with E-state index in [9.17, 15) is 4.79 Å². The SMILES string of the molecule is CCC(C)N(Cc1ccccc1)C(=O)c1csc(CN)n1. The molecule has 1 unspecified atom stereocenters. The van der Waals surface area contributed by atoms with Crippen LogP contribution in [0.4, 0.5) is 0 Å². The fourth-order valence-electron chi connectivity index (χ4n) is 2.08. The van der Waals surface area contributed by atoms with Crippen LogP contribution >= 0.6 is 11.3 Å². The van der Waals surface area contributed by atoms with Gasteiger partial charge < -0.3 is 10.6 Å². The van der Waals surface area contributed by atoms with E-state index in [1.807, 2.05) is 35.2 Å². The minimum absolute atomic E-state index is 0.0239. The van der Waals surface area contributed by atoms with E-state index in [2.05, 4.69) is 18.8 Å². The number of nitrogens with zero attached hydrogens (tertiary/aromatic N) is 2. The highest BCUT2D eigenvalue weighted by Gasteiger charge is 2.22. The molecule has 0 radical (unpaired) electrons. The minimum atomic E-state index is -0.0239. The molecular weight excluding hydrogens is 282 g/mol. The maximum atomic E-state index is 12.7. The molecule has 0 bridgehead atoms. The van der Waals surface area contributed by atoms with Gasteiger partial charge in [-0.05, 0) is 18.9 Å². The Balaban J connectivity index is 2.21. The number of carbonyl (C=O) groups excluding carboxylic acids is 1. The molecule has 0 spiro atoms. The molecule has 112 valence electrons. The average molecular weight is 303 g/mol. The second-order valence-corrected chi connectivity index (χ2v) is 5.95. The normalized spacial score (nSPS) is 12.1. The van der Waals surface area contributed by atoms with Crippen molar-refractivity contribution in [3.8, 4) is 0 Å². The molecule has 1 aromatic carbocycles. The number of amides is 1. The van der Waals surface area contributed by atoms with Crippen molar-refractivity contribution in [2.45, 2.75) is 39.4 Å². The Morgan fingerprint density at radius 1 is 1.38 bits per heavy atom. The molecule has 2 N–H and O–H groups in total. The molecule has 0 saturated heterocycles. The van der Waals surface area contributed by atoms with Crippen LogP contribution in [0.5, 0.6) is 0 Å². The summed E-state index contributed by atoms with van der Waals surface area (Å²) in [7, 11) is 0. The van der Waals surface area contributed by atoms with Gasteiger partial charge in [-0.25, -0.2) is 4.98 Å². The molecule has 0 aliphatic heterocycles. The van der Waals surface area contributed by atoms with Crippen molar-refractivity contribution in [3.63, 3.8) is 0 Å². The van der Waals surface area contributed by atoms with Gasteiger partial charge >= 0.3 is 0 Å². The predicted molar refractivity (Wildman–Crippen MR) is 86.1 cm³/mol. The summed E-state index contributed by atoms with van der Waals surface area (Å²) in [5.74, 6) is -0.0239. The molecule has 2 aromatic rings. The first kappa shape index (κ1) is 15.7. The molecule has 4 nitrogen and oxygen atoms in total. The zero-order valence-corrected chi connectivity index (χ0v) is 13.3. The van der Waals surface area contributed by atoms with E-state index in [0.717, 1.165) is 17.0 Å². The topological polar surface area (TPSA) is 59.2 Å². The van der Waals surface area contributed by atoms with Crippen LogP contribution in [0.2, 0.25) is 0 Å². The van der Waals surface area contributed by atoms with Crippen molar-refractivity contribution in [1.29, 1.82) is 0 Å². The molecule has 1 amide bonds. The van der Waals surface area contributed by atoms with E-state index in [4.69, 9.17) is 5.73 Å². The van der Waals surface area contributed by atoms with Gasteiger partial charge in [0.25, 0.3) is 5.91 Å². The molecule has 1 atom stereocenters. The molecule has 2 rings (SSSR count). The molecule has 1 heterocycles. The Labute approximate surface area is 129 Å². The van der Waals surface area contributed by atoms with Crippen LogP contribution in [0.3, 0.4) is 0 Å². The van der Waals surface area contributed by atoms with Gasteiger partial charge in [0.05, 0.1) is 0 Å². The van der Waals surface area contributed by atoms with Gasteiger partial charge in [0.1, 0.15) is 10.7 Å². The van der Waals surface area contributed by atoms with Crippen LogP contribution in [-0.4, -0.2) is 21.8 Å². The summed E-state index contributed by atoms with van der Waals surface area (Å²) in [6, 6.07) is 10.2. The number of hydrogen-bond donors (Lipinski definition) is 1. The van der Waals surface area contributed by atoms with Crippen molar-refractivity contribution in [2.24, 2.45) is 5.73 Å². The van der Waals surface area contributed by atoms with Crippen molar-refractivity contribution in [3.05, 3.63) is 52.0 Å². The molecular formula is C16H21N3OS. The van der Waals surface area contributed by atoms with E-state index in [1.54, 1.807) is 5.38 Å². The number of thiazole rings is 1. The first-order valence-corrected chi connectivity index (χ1v) is 8.03. The fourth-order valence-corrected chi connectivity index (χ4v) is 2.73. The largest absolute Gasteiger partial charge is 0.330 e. The highest BCUT2D eigenvalue weighted by atomic mass is 32.1. The number of rotatable bonds is 6. The van der Waals surface area contributed by atoms with Crippen LogP contribution in [0.15, 0.2) is 35.7 Å². The molecule has 21 heavy (non-hydrogen) atoms. The Hall–Kier alpha value is -1.72. The summed E-state index contributed by atoms with van der Waals surface area (Å²) in [6.45, 7) is 5.13. The molecule has 5 heteroatoms. The zero-order valence-electron chi connectivity index (χ0n) is 12.5. The first-order chi connectivity index (χ1) is 10.2. The van der Waals surface area contributed by atoms with Crippen LogP contribution < -0.4 is 5.73 Å². The van der Waals surface area contributed by atoms with Crippen molar-refractivity contribution < 1.29 is 4.79 Å². The van der Waals surface area contributed by atoms with Crippen LogP contribution in [0.25, 0.3) is 0 Å². The third-order valence-electron chi connectivity index (χ3n) is 3.52. The lowest BCUT2D eigenvalue weighted by molar-refractivity contribution is 0.0666. The van der Waals surface area contributed by atoms with Crippen LogP contribution in [0.1, 0.15) is 41.3 Å². The average Bonchev–Trinajstić information content (AvgIpc) is 3.01. The van der Waals surface area contributed by atoms with Crippen molar-refractivity contribution >= 4 is 17.2 Å². The van der Waals surface area contributed by atoms with E-state index in [-0.39, 0.29) is 11.9 Å². The quantitative estimate of drug-likeness (QED) is 0.892. The minimum Gasteiger partial charge on any atom is -0.330 e.